The van der Waals surface area contributed by atoms with E-state index in [1.165, 1.54) is 6.20 Å². The highest BCUT2D eigenvalue weighted by Crippen LogP contribution is 2.29. The van der Waals surface area contributed by atoms with Gasteiger partial charge < -0.3 is 10.0 Å². The summed E-state index contributed by atoms with van der Waals surface area (Å²) in [7, 11) is 0. The second-order valence-corrected chi connectivity index (χ2v) is 5.95. The summed E-state index contributed by atoms with van der Waals surface area (Å²) in [6.07, 6.45) is 2.78. The van der Waals surface area contributed by atoms with Crippen LogP contribution in [0.1, 0.15) is 51.0 Å². The maximum absolute atomic E-state index is 12.5. The molecule has 1 aliphatic heterocycles. The average Bonchev–Trinajstić information content (AvgIpc) is 2.61. The molecule has 0 bridgehead atoms. The Morgan fingerprint density at radius 3 is 2.46 bits per heavy atom. The number of hydrogen-bond acceptors (Lipinski definition) is 4. The number of carboxylic acids is 1. The van der Waals surface area contributed by atoms with Crippen molar-refractivity contribution in [2.24, 2.45) is 0 Å². The Hall–Kier alpha value is -2.76. The third-order valence-corrected chi connectivity index (χ3v) is 4.36. The number of rotatable bonds is 3. The fourth-order valence-electron chi connectivity index (χ4n) is 3.08. The zero-order valence-electron chi connectivity index (χ0n) is 13.5. The van der Waals surface area contributed by atoms with Crippen LogP contribution in [0.3, 0.4) is 0 Å². The van der Waals surface area contributed by atoms with Gasteiger partial charge in [0, 0.05) is 30.8 Å². The van der Waals surface area contributed by atoms with Crippen LogP contribution in [-0.4, -0.2) is 44.9 Å². The smallest absolute Gasteiger partial charge is 0.339 e. The van der Waals surface area contributed by atoms with E-state index in [0.717, 1.165) is 0 Å². The van der Waals surface area contributed by atoms with Gasteiger partial charge in [0.1, 0.15) is 5.82 Å². The molecular formula is C18H19N3O3. The van der Waals surface area contributed by atoms with E-state index in [9.17, 15) is 14.7 Å². The topological polar surface area (TPSA) is 83.4 Å². The van der Waals surface area contributed by atoms with E-state index in [-0.39, 0.29) is 17.4 Å². The van der Waals surface area contributed by atoms with Gasteiger partial charge >= 0.3 is 5.97 Å². The molecule has 1 fully saturated rings. The normalized spacial score (nSPS) is 15.3. The summed E-state index contributed by atoms with van der Waals surface area (Å²) >= 11 is 0. The second-order valence-electron chi connectivity index (χ2n) is 5.95. The number of carboxylic acid groups (broad SMARTS) is 1. The minimum Gasteiger partial charge on any atom is -0.478 e. The molecule has 1 aromatic heterocycles. The number of likely N-dealkylation sites (tertiary alicyclic amines) is 1. The highest BCUT2D eigenvalue weighted by Gasteiger charge is 2.28. The van der Waals surface area contributed by atoms with Crippen LogP contribution in [0.15, 0.2) is 36.5 Å². The van der Waals surface area contributed by atoms with Crippen molar-refractivity contribution in [3.05, 3.63) is 59.2 Å². The molecule has 6 nitrogen and oxygen atoms in total. The lowest BCUT2D eigenvalue weighted by atomic mass is 9.90. The molecule has 2 aromatic rings. The summed E-state index contributed by atoms with van der Waals surface area (Å²) < 4.78 is 0. The van der Waals surface area contributed by atoms with Crippen molar-refractivity contribution in [2.45, 2.75) is 25.7 Å². The van der Waals surface area contributed by atoms with Crippen molar-refractivity contribution in [2.75, 3.05) is 13.1 Å². The number of piperidine rings is 1. The first-order valence-electron chi connectivity index (χ1n) is 7.97. The number of aromatic carboxylic acids is 1. The molecular weight excluding hydrogens is 306 g/mol. The van der Waals surface area contributed by atoms with Crippen LogP contribution in [0.2, 0.25) is 0 Å². The van der Waals surface area contributed by atoms with E-state index < -0.39 is 5.97 Å². The predicted molar refractivity (Wildman–Crippen MR) is 88.0 cm³/mol. The first kappa shape index (κ1) is 16.1. The second kappa shape index (κ2) is 6.78. The molecule has 3 rings (SSSR count). The minimum atomic E-state index is -1.01. The zero-order chi connectivity index (χ0) is 17.1. The fourth-order valence-corrected chi connectivity index (χ4v) is 3.08. The Morgan fingerprint density at radius 2 is 1.83 bits per heavy atom. The van der Waals surface area contributed by atoms with E-state index in [1.807, 2.05) is 35.2 Å². The highest BCUT2D eigenvalue weighted by molar-refractivity contribution is 5.94. The number of hydrogen-bond donors (Lipinski definition) is 1. The van der Waals surface area contributed by atoms with Crippen LogP contribution in [-0.2, 0) is 0 Å². The third kappa shape index (κ3) is 3.27. The fraction of sp³-hybridized carbons (Fsp3) is 0.333. The van der Waals surface area contributed by atoms with E-state index in [0.29, 0.717) is 43.0 Å². The maximum atomic E-state index is 12.5. The molecule has 1 saturated heterocycles. The van der Waals surface area contributed by atoms with Gasteiger partial charge in [-0.05, 0) is 31.9 Å². The third-order valence-electron chi connectivity index (χ3n) is 4.36. The van der Waals surface area contributed by atoms with Gasteiger partial charge in [-0.1, -0.05) is 18.2 Å². The largest absolute Gasteiger partial charge is 0.478 e. The molecule has 0 radical (unpaired) electrons. The van der Waals surface area contributed by atoms with E-state index in [1.54, 1.807) is 6.92 Å². The summed E-state index contributed by atoms with van der Waals surface area (Å²) in [5, 5.41) is 9.33. The number of amides is 1. The summed E-state index contributed by atoms with van der Waals surface area (Å²) in [6.45, 7) is 2.95. The van der Waals surface area contributed by atoms with Crippen LogP contribution in [0.4, 0.5) is 0 Å². The van der Waals surface area contributed by atoms with Gasteiger partial charge in [-0.15, -0.1) is 0 Å². The van der Waals surface area contributed by atoms with Crippen molar-refractivity contribution in [3.8, 4) is 0 Å². The first-order chi connectivity index (χ1) is 11.6. The van der Waals surface area contributed by atoms with Crippen molar-refractivity contribution >= 4 is 11.9 Å². The van der Waals surface area contributed by atoms with Crippen molar-refractivity contribution < 1.29 is 14.7 Å². The van der Waals surface area contributed by atoms with Gasteiger partial charge in [0.15, 0.2) is 0 Å². The highest BCUT2D eigenvalue weighted by atomic mass is 16.4. The molecule has 1 N–H and O–H groups in total. The van der Waals surface area contributed by atoms with Crippen LogP contribution in [0, 0.1) is 6.92 Å². The van der Waals surface area contributed by atoms with Gasteiger partial charge in [-0.3, -0.25) is 4.79 Å². The Morgan fingerprint density at radius 1 is 1.17 bits per heavy atom. The number of aromatic nitrogens is 2. The molecule has 6 heteroatoms. The first-order valence-corrected chi connectivity index (χ1v) is 7.97. The Balaban J connectivity index is 1.73. The van der Waals surface area contributed by atoms with Crippen molar-refractivity contribution in [1.82, 2.24) is 14.9 Å². The lowest BCUT2D eigenvalue weighted by molar-refractivity contribution is 0.0678. The molecule has 1 aromatic carbocycles. The van der Waals surface area contributed by atoms with Crippen molar-refractivity contribution in [3.63, 3.8) is 0 Å². The molecule has 2 heterocycles. The molecule has 0 atom stereocenters. The lowest BCUT2D eigenvalue weighted by Gasteiger charge is -2.32. The van der Waals surface area contributed by atoms with E-state index in [2.05, 4.69) is 9.97 Å². The lowest BCUT2D eigenvalue weighted by Crippen LogP contribution is -2.38. The number of aryl methyl sites for hydroxylation is 1. The summed E-state index contributed by atoms with van der Waals surface area (Å²) in [5.41, 5.74) is 1.43. The van der Waals surface area contributed by atoms with Crippen LogP contribution in [0.5, 0.6) is 0 Å². The summed E-state index contributed by atoms with van der Waals surface area (Å²) in [6, 6.07) is 9.20. The van der Waals surface area contributed by atoms with E-state index >= 15 is 0 Å². The monoisotopic (exact) mass is 325 g/mol. The summed E-state index contributed by atoms with van der Waals surface area (Å²) in [4.78, 5) is 34.0. The summed E-state index contributed by atoms with van der Waals surface area (Å²) in [5.74, 6) is -0.380. The molecule has 0 saturated carbocycles. The van der Waals surface area contributed by atoms with Crippen LogP contribution >= 0.6 is 0 Å². The van der Waals surface area contributed by atoms with E-state index in [4.69, 9.17) is 0 Å². The molecule has 24 heavy (non-hydrogen) atoms. The Bertz CT molecular complexity index is 753. The molecule has 1 amide bonds. The Kier molecular flexibility index (Phi) is 4.55. The number of nitrogens with zero attached hydrogens (tertiary/aromatic N) is 3. The van der Waals surface area contributed by atoms with Gasteiger partial charge in [-0.2, -0.15) is 0 Å². The van der Waals surface area contributed by atoms with Gasteiger partial charge in [0.25, 0.3) is 5.91 Å². The standard InChI is InChI=1S/C18H19N3O3/c1-12-19-11-15(18(23)24)16(20-12)13-7-9-21(10-8-13)17(22)14-5-3-2-4-6-14/h2-6,11,13H,7-10H2,1H3,(H,23,24). The number of benzene rings is 1. The number of carbonyl (C=O) groups is 2. The van der Waals surface area contributed by atoms with Gasteiger partial charge in [0.2, 0.25) is 0 Å². The molecule has 0 spiro atoms. The van der Waals surface area contributed by atoms with Crippen LogP contribution < -0.4 is 0 Å². The maximum Gasteiger partial charge on any atom is 0.339 e. The Labute approximate surface area is 140 Å². The molecule has 124 valence electrons. The average molecular weight is 325 g/mol. The quantitative estimate of drug-likeness (QED) is 0.937. The zero-order valence-corrected chi connectivity index (χ0v) is 13.5. The van der Waals surface area contributed by atoms with Crippen LogP contribution in [0.25, 0.3) is 0 Å². The SMILES string of the molecule is Cc1ncc(C(=O)O)c(C2CCN(C(=O)c3ccccc3)CC2)n1. The predicted octanol–water partition coefficient (Wildman–Crippen LogP) is 2.50. The minimum absolute atomic E-state index is 0.0198. The molecule has 0 unspecified atom stereocenters. The molecule has 0 aliphatic carbocycles. The van der Waals surface area contributed by atoms with Crippen molar-refractivity contribution in [1.29, 1.82) is 0 Å². The van der Waals surface area contributed by atoms with Gasteiger partial charge in [-0.25, -0.2) is 14.8 Å². The molecule has 1 aliphatic rings. The number of carbonyl (C=O) groups excluding carboxylic acids is 1. The van der Waals surface area contributed by atoms with Gasteiger partial charge in [0.05, 0.1) is 11.3 Å².